The van der Waals surface area contributed by atoms with E-state index in [2.05, 4.69) is 25.7 Å². The molecular weight excluding hydrogens is 264 g/mol. The van der Waals surface area contributed by atoms with E-state index >= 15 is 0 Å². The van der Waals surface area contributed by atoms with E-state index in [1.807, 2.05) is 6.07 Å². The van der Waals surface area contributed by atoms with E-state index in [9.17, 15) is 5.11 Å². The van der Waals surface area contributed by atoms with Crippen molar-refractivity contribution in [2.45, 2.75) is 10.2 Å². The molecule has 1 N–H and O–H groups in total. The van der Waals surface area contributed by atoms with Crippen molar-refractivity contribution in [2.24, 2.45) is 0 Å². The Morgan fingerprint density at radius 2 is 1.89 bits per heavy atom. The molecule has 19 heavy (non-hydrogen) atoms. The van der Waals surface area contributed by atoms with Gasteiger partial charge in [-0.1, -0.05) is 0 Å². The molecule has 8 heteroatoms. The fraction of sp³-hybridized carbons (Fsp3) is 0. The lowest BCUT2D eigenvalue weighted by Gasteiger charge is -2.03. The fourth-order valence-electron chi connectivity index (χ4n) is 1.43. The summed E-state index contributed by atoms with van der Waals surface area (Å²) in [7, 11) is 0. The van der Waals surface area contributed by atoms with Gasteiger partial charge in [0.1, 0.15) is 10.8 Å². The highest BCUT2D eigenvalue weighted by Gasteiger charge is 2.10. The largest absolute Gasteiger partial charge is 0.508 e. The van der Waals surface area contributed by atoms with Crippen LogP contribution in [0.4, 0.5) is 0 Å². The molecule has 94 valence electrons. The summed E-state index contributed by atoms with van der Waals surface area (Å²) in [5, 5.41) is 29.8. The number of rotatable bonds is 3. The molecule has 0 atom stereocenters. The van der Waals surface area contributed by atoms with Crippen molar-refractivity contribution in [1.29, 1.82) is 0 Å². The van der Waals surface area contributed by atoms with E-state index in [-0.39, 0.29) is 5.75 Å². The van der Waals surface area contributed by atoms with Crippen LogP contribution in [0.25, 0.3) is 5.69 Å². The van der Waals surface area contributed by atoms with Crippen LogP contribution in [0.1, 0.15) is 0 Å². The van der Waals surface area contributed by atoms with Crippen LogP contribution in [-0.2, 0) is 0 Å². The Hall–Kier alpha value is -2.48. The van der Waals surface area contributed by atoms with Gasteiger partial charge in [0, 0.05) is 6.20 Å². The smallest absolute Gasteiger partial charge is 0.220 e. The zero-order valence-corrected chi connectivity index (χ0v) is 10.4. The zero-order chi connectivity index (χ0) is 13.1. The highest BCUT2D eigenvalue weighted by atomic mass is 32.2. The SMILES string of the molecule is Oc1ccc(-n2nnnc2Sc2cccnn2)cc1. The zero-order valence-electron chi connectivity index (χ0n) is 9.58. The van der Waals surface area contributed by atoms with Gasteiger partial charge in [-0.2, -0.15) is 9.78 Å². The molecule has 2 aromatic heterocycles. The highest BCUT2D eigenvalue weighted by molar-refractivity contribution is 7.99. The first-order chi connectivity index (χ1) is 9.33. The lowest BCUT2D eigenvalue weighted by atomic mass is 10.3. The Morgan fingerprint density at radius 1 is 1.05 bits per heavy atom. The van der Waals surface area contributed by atoms with Crippen LogP contribution in [-0.4, -0.2) is 35.5 Å². The van der Waals surface area contributed by atoms with Gasteiger partial charge in [-0.25, -0.2) is 0 Å². The second-order valence-corrected chi connectivity index (χ2v) is 4.54. The molecule has 3 aromatic rings. The summed E-state index contributed by atoms with van der Waals surface area (Å²) in [6, 6.07) is 10.2. The molecule has 0 saturated heterocycles. The number of phenolic OH excluding ortho intramolecular Hbond substituents is 1. The summed E-state index contributed by atoms with van der Waals surface area (Å²) in [5.41, 5.74) is 0.759. The van der Waals surface area contributed by atoms with Gasteiger partial charge in [0.25, 0.3) is 0 Å². The number of benzene rings is 1. The molecule has 0 amide bonds. The molecular formula is C11H8N6OS. The summed E-state index contributed by atoms with van der Waals surface area (Å²) < 4.78 is 1.57. The lowest BCUT2D eigenvalue weighted by molar-refractivity contribution is 0.475. The fourth-order valence-corrected chi connectivity index (χ4v) is 2.16. The molecule has 2 heterocycles. The summed E-state index contributed by atoms with van der Waals surface area (Å²) in [6.07, 6.45) is 1.60. The quantitative estimate of drug-likeness (QED) is 0.768. The number of hydrogen-bond donors (Lipinski definition) is 1. The molecule has 3 rings (SSSR count). The van der Waals surface area contributed by atoms with Crippen molar-refractivity contribution in [3.8, 4) is 11.4 Å². The molecule has 0 fully saturated rings. The number of aromatic hydroxyl groups is 1. The second-order valence-electron chi connectivity index (χ2n) is 3.55. The Bertz CT molecular complexity index is 669. The monoisotopic (exact) mass is 272 g/mol. The van der Waals surface area contributed by atoms with Crippen molar-refractivity contribution < 1.29 is 5.11 Å². The minimum Gasteiger partial charge on any atom is -0.508 e. The van der Waals surface area contributed by atoms with Gasteiger partial charge in [-0.05, 0) is 58.6 Å². The average Bonchev–Trinajstić information content (AvgIpc) is 2.89. The summed E-state index contributed by atoms with van der Waals surface area (Å²) >= 11 is 1.31. The third kappa shape index (κ3) is 2.52. The summed E-state index contributed by atoms with van der Waals surface area (Å²) in [5.74, 6) is 0.194. The van der Waals surface area contributed by atoms with E-state index in [0.717, 1.165) is 5.69 Å². The minimum atomic E-state index is 0.194. The molecule has 0 unspecified atom stereocenters. The predicted molar refractivity (Wildman–Crippen MR) is 67.0 cm³/mol. The molecule has 0 radical (unpaired) electrons. The van der Waals surface area contributed by atoms with Gasteiger partial charge in [0.15, 0.2) is 0 Å². The molecule has 0 aliphatic rings. The third-order valence-electron chi connectivity index (χ3n) is 2.28. The van der Waals surface area contributed by atoms with Crippen LogP contribution in [0.5, 0.6) is 5.75 Å². The van der Waals surface area contributed by atoms with Crippen molar-refractivity contribution >= 4 is 11.8 Å². The van der Waals surface area contributed by atoms with Gasteiger partial charge >= 0.3 is 0 Å². The lowest BCUT2D eigenvalue weighted by Crippen LogP contribution is -1.98. The molecule has 0 saturated carbocycles. The minimum absolute atomic E-state index is 0.194. The Labute approximate surface area is 112 Å². The van der Waals surface area contributed by atoms with Crippen molar-refractivity contribution in [3.63, 3.8) is 0 Å². The number of phenols is 1. The Balaban J connectivity index is 1.92. The molecule has 0 aliphatic carbocycles. The second kappa shape index (κ2) is 5.02. The van der Waals surface area contributed by atoms with Crippen LogP contribution in [0.15, 0.2) is 52.8 Å². The summed E-state index contributed by atoms with van der Waals surface area (Å²) in [4.78, 5) is 0. The van der Waals surface area contributed by atoms with E-state index in [1.165, 1.54) is 11.8 Å². The Kier molecular flexibility index (Phi) is 3.07. The molecule has 7 nitrogen and oxygen atoms in total. The van der Waals surface area contributed by atoms with E-state index < -0.39 is 0 Å². The van der Waals surface area contributed by atoms with E-state index in [4.69, 9.17) is 0 Å². The maximum absolute atomic E-state index is 9.27. The third-order valence-corrected chi connectivity index (χ3v) is 3.14. The molecule has 0 spiro atoms. The van der Waals surface area contributed by atoms with Crippen molar-refractivity contribution in [1.82, 2.24) is 30.4 Å². The first-order valence-corrected chi connectivity index (χ1v) is 6.18. The maximum Gasteiger partial charge on any atom is 0.220 e. The van der Waals surface area contributed by atoms with Crippen LogP contribution >= 0.6 is 11.8 Å². The van der Waals surface area contributed by atoms with Crippen LogP contribution in [0, 0.1) is 0 Å². The number of hydrogen-bond acceptors (Lipinski definition) is 7. The number of tetrazole rings is 1. The van der Waals surface area contributed by atoms with Gasteiger partial charge in [0.2, 0.25) is 5.16 Å². The molecule has 0 bridgehead atoms. The Morgan fingerprint density at radius 3 is 2.63 bits per heavy atom. The maximum atomic E-state index is 9.27. The van der Waals surface area contributed by atoms with E-state index in [1.54, 1.807) is 41.2 Å². The van der Waals surface area contributed by atoms with Crippen LogP contribution in [0.2, 0.25) is 0 Å². The van der Waals surface area contributed by atoms with E-state index in [0.29, 0.717) is 10.2 Å². The standard InChI is InChI=1S/C11H8N6OS/c18-9-5-3-8(4-6-9)17-11(14-15-16-17)19-10-2-1-7-12-13-10/h1-7,18H. The van der Waals surface area contributed by atoms with Gasteiger partial charge in [0.05, 0.1) is 5.69 Å². The van der Waals surface area contributed by atoms with Crippen LogP contribution < -0.4 is 0 Å². The van der Waals surface area contributed by atoms with Crippen molar-refractivity contribution in [2.75, 3.05) is 0 Å². The van der Waals surface area contributed by atoms with Crippen molar-refractivity contribution in [3.05, 3.63) is 42.6 Å². The average molecular weight is 272 g/mol. The first kappa shape index (κ1) is 11.6. The number of nitrogens with zero attached hydrogens (tertiary/aromatic N) is 6. The predicted octanol–water partition coefficient (Wildman–Crippen LogP) is 1.31. The molecule has 0 aliphatic heterocycles. The number of aromatic nitrogens is 6. The normalized spacial score (nSPS) is 10.5. The topological polar surface area (TPSA) is 89.6 Å². The van der Waals surface area contributed by atoms with Crippen LogP contribution in [0.3, 0.4) is 0 Å². The van der Waals surface area contributed by atoms with Gasteiger partial charge in [-0.3, -0.25) is 0 Å². The first-order valence-electron chi connectivity index (χ1n) is 5.36. The van der Waals surface area contributed by atoms with Gasteiger partial charge in [-0.15, -0.1) is 10.2 Å². The summed E-state index contributed by atoms with van der Waals surface area (Å²) in [6.45, 7) is 0. The highest BCUT2D eigenvalue weighted by Crippen LogP contribution is 2.24. The molecule has 1 aromatic carbocycles. The van der Waals surface area contributed by atoms with Gasteiger partial charge < -0.3 is 5.11 Å².